The number of likely N-dealkylation sites (tertiary alicyclic amines) is 1. The van der Waals surface area contributed by atoms with Crippen LogP contribution in [0, 0.1) is 0 Å². The molecule has 0 aromatic heterocycles. The zero-order valence-corrected chi connectivity index (χ0v) is 9.09. The molecule has 2 heteroatoms. The van der Waals surface area contributed by atoms with Crippen molar-refractivity contribution in [2.45, 2.75) is 45.1 Å². The molecular weight excluding hydrogens is 162 g/mol. The maximum Gasteiger partial charge on any atom is 0.0595 e. The van der Waals surface area contributed by atoms with Gasteiger partial charge in [0.1, 0.15) is 0 Å². The van der Waals surface area contributed by atoms with Crippen molar-refractivity contribution < 1.29 is 4.74 Å². The fourth-order valence-electron chi connectivity index (χ4n) is 1.95. The average Bonchev–Trinajstić information content (AvgIpc) is 2.19. The smallest absolute Gasteiger partial charge is 0.0595 e. The van der Waals surface area contributed by atoms with Crippen LogP contribution < -0.4 is 0 Å². The largest absolute Gasteiger partial charge is 0.381 e. The molecule has 0 aromatic carbocycles. The number of methoxy groups -OCH3 is 1. The van der Waals surface area contributed by atoms with E-state index in [4.69, 9.17) is 4.74 Å². The molecule has 78 valence electrons. The van der Waals surface area contributed by atoms with E-state index >= 15 is 0 Å². The van der Waals surface area contributed by atoms with Gasteiger partial charge in [-0.25, -0.2) is 0 Å². The zero-order valence-electron chi connectivity index (χ0n) is 9.09. The number of nitrogens with zero attached hydrogens (tertiary/aromatic N) is 1. The molecule has 0 radical (unpaired) electrons. The maximum atomic E-state index is 5.34. The molecule has 0 spiro atoms. The van der Waals surface area contributed by atoms with Crippen LogP contribution in [-0.2, 0) is 4.74 Å². The van der Waals surface area contributed by atoms with Crippen molar-refractivity contribution in [3.8, 4) is 0 Å². The molecule has 0 amide bonds. The molecule has 1 saturated heterocycles. The van der Waals surface area contributed by atoms with Gasteiger partial charge in [0.05, 0.1) is 6.10 Å². The lowest BCUT2D eigenvalue weighted by atomic mass is 10.1. The van der Waals surface area contributed by atoms with Crippen molar-refractivity contribution in [1.82, 2.24) is 4.90 Å². The van der Waals surface area contributed by atoms with E-state index in [0.29, 0.717) is 6.10 Å². The minimum absolute atomic E-state index is 0.530. The van der Waals surface area contributed by atoms with E-state index in [0.717, 1.165) is 0 Å². The quantitative estimate of drug-likeness (QED) is 0.609. The van der Waals surface area contributed by atoms with Crippen LogP contribution in [0.5, 0.6) is 0 Å². The number of ether oxygens (including phenoxy) is 1. The molecule has 0 aliphatic carbocycles. The highest BCUT2D eigenvalue weighted by molar-refractivity contribution is 4.71. The predicted molar refractivity (Wildman–Crippen MR) is 56.0 cm³/mol. The van der Waals surface area contributed by atoms with Gasteiger partial charge in [-0.3, -0.25) is 0 Å². The van der Waals surface area contributed by atoms with Crippen LogP contribution >= 0.6 is 0 Å². The second-order valence-electron chi connectivity index (χ2n) is 3.98. The highest BCUT2D eigenvalue weighted by Gasteiger charge is 2.17. The Morgan fingerprint density at radius 2 is 1.92 bits per heavy atom. The molecule has 0 saturated carbocycles. The van der Waals surface area contributed by atoms with E-state index in [9.17, 15) is 0 Å². The first kappa shape index (κ1) is 11.0. The van der Waals surface area contributed by atoms with E-state index in [1.807, 2.05) is 7.11 Å². The first-order valence-electron chi connectivity index (χ1n) is 5.62. The van der Waals surface area contributed by atoms with Gasteiger partial charge in [0.15, 0.2) is 0 Å². The molecule has 0 N–H and O–H groups in total. The topological polar surface area (TPSA) is 12.5 Å². The second-order valence-corrected chi connectivity index (χ2v) is 3.98. The fraction of sp³-hybridized carbons (Fsp3) is 1.00. The van der Waals surface area contributed by atoms with Gasteiger partial charge in [-0.1, -0.05) is 19.8 Å². The highest BCUT2D eigenvalue weighted by atomic mass is 16.5. The molecule has 1 aliphatic rings. The Hall–Kier alpha value is -0.0800. The van der Waals surface area contributed by atoms with Gasteiger partial charge in [-0.15, -0.1) is 0 Å². The molecule has 1 fully saturated rings. The molecule has 0 bridgehead atoms. The van der Waals surface area contributed by atoms with Crippen molar-refractivity contribution in [3.05, 3.63) is 0 Å². The number of unbranched alkanes of at least 4 members (excludes halogenated alkanes) is 2. The number of rotatable bonds is 5. The third-order valence-corrected chi connectivity index (χ3v) is 2.95. The van der Waals surface area contributed by atoms with Crippen LogP contribution in [0.25, 0.3) is 0 Å². The van der Waals surface area contributed by atoms with E-state index in [1.54, 1.807) is 0 Å². The molecular formula is C11H23NO. The van der Waals surface area contributed by atoms with Crippen LogP contribution in [0.1, 0.15) is 39.0 Å². The third kappa shape index (κ3) is 4.10. The Bertz CT molecular complexity index is 117. The average molecular weight is 185 g/mol. The van der Waals surface area contributed by atoms with Gasteiger partial charge in [0.25, 0.3) is 0 Å². The summed E-state index contributed by atoms with van der Waals surface area (Å²) in [6.45, 7) is 6.03. The molecule has 13 heavy (non-hydrogen) atoms. The SMILES string of the molecule is CCCCCN1CCC(OC)CC1. The summed E-state index contributed by atoms with van der Waals surface area (Å²) in [7, 11) is 1.83. The van der Waals surface area contributed by atoms with Crippen LogP contribution in [-0.4, -0.2) is 37.7 Å². The molecule has 0 aromatic rings. The van der Waals surface area contributed by atoms with Crippen LogP contribution in [0.3, 0.4) is 0 Å². The summed E-state index contributed by atoms with van der Waals surface area (Å²) in [5, 5.41) is 0. The minimum atomic E-state index is 0.530. The summed E-state index contributed by atoms with van der Waals surface area (Å²) in [6, 6.07) is 0. The van der Waals surface area contributed by atoms with Crippen LogP contribution in [0.4, 0.5) is 0 Å². The first-order valence-corrected chi connectivity index (χ1v) is 5.62. The maximum absolute atomic E-state index is 5.34. The zero-order chi connectivity index (χ0) is 9.52. The predicted octanol–water partition coefficient (Wildman–Crippen LogP) is 2.29. The molecule has 1 rings (SSSR count). The van der Waals surface area contributed by atoms with Crippen molar-refractivity contribution in [2.24, 2.45) is 0 Å². The van der Waals surface area contributed by atoms with Crippen LogP contribution in [0.15, 0.2) is 0 Å². The Labute approximate surface area is 82.3 Å². The fourth-order valence-corrected chi connectivity index (χ4v) is 1.95. The third-order valence-electron chi connectivity index (χ3n) is 2.95. The van der Waals surface area contributed by atoms with E-state index in [1.165, 1.54) is 51.7 Å². The lowest BCUT2D eigenvalue weighted by molar-refractivity contribution is 0.0407. The van der Waals surface area contributed by atoms with E-state index < -0.39 is 0 Å². The monoisotopic (exact) mass is 185 g/mol. The van der Waals surface area contributed by atoms with E-state index in [2.05, 4.69) is 11.8 Å². The van der Waals surface area contributed by atoms with Crippen molar-refractivity contribution >= 4 is 0 Å². The molecule has 0 unspecified atom stereocenters. The summed E-state index contributed by atoms with van der Waals surface area (Å²) >= 11 is 0. The van der Waals surface area contributed by atoms with Gasteiger partial charge in [-0.05, 0) is 25.8 Å². The summed E-state index contributed by atoms with van der Waals surface area (Å²) < 4.78 is 5.34. The van der Waals surface area contributed by atoms with Crippen LogP contribution in [0.2, 0.25) is 0 Å². The summed E-state index contributed by atoms with van der Waals surface area (Å²) in [5.41, 5.74) is 0. The molecule has 1 aliphatic heterocycles. The lowest BCUT2D eigenvalue weighted by Crippen LogP contribution is -2.37. The van der Waals surface area contributed by atoms with Gasteiger partial charge >= 0.3 is 0 Å². The first-order chi connectivity index (χ1) is 6.36. The molecule has 0 atom stereocenters. The Morgan fingerprint density at radius 1 is 1.23 bits per heavy atom. The Kier molecular flexibility index (Phi) is 5.40. The number of hydrogen-bond acceptors (Lipinski definition) is 2. The lowest BCUT2D eigenvalue weighted by Gasteiger charge is -2.31. The highest BCUT2D eigenvalue weighted by Crippen LogP contribution is 2.13. The summed E-state index contributed by atoms with van der Waals surface area (Å²) in [4.78, 5) is 2.57. The van der Waals surface area contributed by atoms with Gasteiger partial charge < -0.3 is 9.64 Å². The summed E-state index contributed by atoms with van der Waals surface area (Å²) in [6.07, 6.45) is 7.06. The second kappa shape index (κ2) is 6.39. The van der Waals surface area contributed by atoms with Gasteiger partial charge in [0.2, 0.25) is 0 Å². The number of piperidine rings is 1. The molecule has 1 heterocycles. The summed E-state index contributed by atoms with van der Waals surface area (Å²) in [5.74, 6) is 0. The Morgan fingerprint density at radius 3 is 2.46 bits per heavy atom. The Balaban J connectivity index is 2.03. The standard InChI is InChI=1S/C11H23NO/c1-3-4-5-8-12-9-6-11(13-2)7-10-12/h11H,3-10H2,1-2H3. The minimum Gasteiger partial charge on any atom is -0.381 e. The van der Waals surface area contributed by atoms with Gasteiger partial charge in [-0.2, -0.15) is 0 Å². The van der Waals surface area contributed by atoms with E-state index in [-0.39, 0.29) is 0 Å². The molecule has 2 nitrogen and oxygen atoms in total. The van der Waals surface area contributed by atoms with Crippen molar-refractivity contribution in [2.75, 3.05) is 26.7 Å². The van der Waals surface area contributed by atoms with Gasteiger partial charge in [0, 0.05) is 20.2 Å². The number of hydrogen-bond donors (Lipinski definition) is 0. The normalized spacial score (nSPS) is 20.8. The van der Waals surface area contributed by atoms with Crippen molar-refractivity contribution in [1.29, 1.82) is 0 Å². The van der Waals surface area contributed by atoms with Crippen molar-refractivity contribution in [3.63, 3.8) is 0 Å².